The van der Waals surface area contributed by atoms with Crippen LogP contribution in [-0.2, 0) is 11.0 Å². The zero-order chi connectivity index (χ0) is 25.2. The Kier molecular flexibility index (Phi) is 5.72. The first-order valence-electron chi connectivity index (χ1n) is 12.6. The van der Waals surface area contributed by atoms with E-state index in [-0.39, 0.29) is 34.5 Å². The van der Waals surface area contributed by atoms with Crippen molar-refractivity contribution in [1.82, 2.24) is 10.2 Å². The van der Waals surface area contributed by atoms with E-state index in [2.05, 4.69) is 30.6 Å². The quantitative estimate of drug-likeness (QED) is 0.549. The Bertz CT molecular complexity index is 1060. The molecule has 4 aliphatic rings. The van der Waals surface area contributed by atoms with Crippen LogP contribution in [0.25, 0.3) is 0 Å². The van der Waals surface area contributed by atoms with Crippen LogP contribution in [0.4, 0.5) is 23.7 Å². The molecule has 0 radical (unpaired) electrons. The van der Waals surface area contributed by atoms with Crippen molar-refractivity contribution in [1.29, 1.82) is 0 Å². The first-order chi connectivity index (χ1) is 16.4. The normalized spacial score (nSPS) is 38.4. The predicted molar refractivity (Wildman–Crippen MR) is 127 cm³/mol. The van der Waals surface area contributed by atoms with Gasteiger partial charge in [0.25, 0.3) is 0 Å². The van der Waals surface area contributed by atoms with Crippen molar-refractivity contribution >= 4 is 17.6 Å². The molecule has 3 fully saturated rings. The fourth-order valence-corrected chi connectivity index (χ4v) is 8.07. The topological polar surface area (TPSA) is 61.4 Å². The Morgan fingerprint density at radius 1 is 1.09 bits per heavy atom. The van der Waals surface area contributed by atoms with E-state index in [1.54, 1.807) is 6.08 Å². The van der Waals surface area contributed by atoms with E-state index in [1.807, 2.05) is 11.9 Å². The Morgan fingerprint density at radius 2 is 1.86 bits per heavy atom. The Hall–Kier alpha value is -2.51. The molecule has 1 aromatic carbocycles. The Labute approximate surface area is 204 Å². The number of nitrogens with zero attached hydrogens (tertiary/aromatic N) is 1. The minimum absolute atomic E-state index is 0.0177. The van der Waals surface area contributed by atoms with E-state index in [0.29, 0.717) is 17.8 Å². The molecule has 3 amide bonds. The second-order valence-electron chi connectivity index (χ2n) is 11.5. The van der Waals surface area contributed by atoms with Gasteiger partial charge in [0.2, 0.25) is 5.91 Å². The van der Waals surface area contributed by atoms with E-state index in [1.165, 1.54) is 12.1 Å². The number of carbonyl (C=O) groups excluding carboxylic acids is 2. The van der Waals surface area contributed by atoms with Crippen molar-refractivity contribution in [3.8, 4) is 0 Å². The maximum absolute atomic E-state index is 13.0. The molecular formula is C27H34F3N3O2. The molecule has 3 unspecified atom stereocenters. The summed E-state index contributed by atoms with van der Waals surface area (Å²) in [6, 6.07) is 4.49. The third-order valence-corrected chi connectivity index (χ3v) is 9.88. The highest BCUT2D eigenvalue weighted by atomic mass is 19.4. The molecule has 35 heavy (non-hydrogen) atoms. The number of halogens is 3. The molecule has 0 bridgehead atoms. The average molecular weight is 490 g/mol. The standard InChI is InChI=1S/C27H34F3N3O2/c1-25-13-11-20-18(7-10-22-26(20,2)14-12-23(34)33(22)3)19(25)8-9-21(25)32-24(35)31-17-6-4-5-16(15-17)27(28,29)30/h4-6,12,14-15,18-22H,7-11,13H2,1-3H3,(H2,31,32,35)/t18?,19?,20?,21-,22+,25-,26+/m0/s1. The molecule has 1 aliphatic heterocycles. The number of urea groups is 1. The fourth-order valence-electron chi connectivity index (χ4n) is 8.07. The van der Waals surface area contributed by atoms with Crippen molar-refractivity contribution in [2.45, 2.75) is 70.6 Å². The van der Waals surface area contributed by atoms with Crippen molar-refractivity contribution in [2.75, 3.05) is 12.4 Å². The number of rotatable bonds is 2. The summed E-state index contributed by atoms with van der Waals surface area (Å²) in [5.74, 6) is 1.61. The average Bonchev–Trinajstić information content (AvgIpc) is 3.12. The highest BCUT2D eigenvalue weighted by Gasteiger charge is 2.60. The smallest absolute Gasteiger partial charge is 0.338 e. The zero-order valence-electron chi connectivity index (χ0n) is 20.5. The summed E-state index contributed by atoms with van der Waals surface area (Å²) >= 11 is 0. The molecule has 0 aromatic heterocycles. The van der Waals surface area contributed by atoms with Gasteiger partial charge in [-0.2, -0.15) is 13.2 Å². The number of carbonyl (C=O) groups is 2. The lowest BCUT2D eigenvalue weighted by atomic mass is 9.48. The number of hydrogen-bond acceptors (Lipinski definition) is 2. The van der Waals surface area contributed by atoms with Gasteiger partial charge in [-0.3, -0.25) is 4.79 Å². The minimum atomic E-state index is -4.45. The van der Waals surface area contributed by atoms with Gasteiger partial charge in [0, 0.05) is 30.2 Å². The SMILES string of the molecule is CN1C(=O)C=C[C@]2(C)C3CC[C@@]4(C)C(CC[C@@H]4NC(=O)Nc4cccc(C(F)(F)F)c4)C3CC[C@@H]12. The van der Waals surface area contributed by atoms with Gasteiger partial charge in [-0.05, 0) is 86.0 Å². The van der Waals surface area contributed by atoms with Gasteiger partial charge >= 0.3 is 12.2 Å². The maximum atomic E-state index is 13.0. The van der Waals surface area contributed by atoms with Crippen LogP contribution >= 0.6 is 0 Å². The lowest BCUT2D eigenvalue weighted by molar-refractivity contribution is -0.138. The summed E-state index contributed by atoms with van der Waals surface area (Å²) in [7, 11) is 1.92. The van der Waals surface area contributed by atoms with Crippen LogP contribution in [-0.4, -0.2) is 36.0 Å². The van der Waals surface area contributed by atoms with Crippen LogP contribution in [0.2, 0.25) is 0 Å². The molecule has 5 rings (SSSR count). The number of amides is 3. The van der Waals surface area contributed by atoms with Crippen LogP contribution in [0.15, 0.2) is 36.4 Å². The van der Waals surface area contributed by atoms with Crippen LogP contribution in [0.5, 0.6) is 0 Å². The maximum Gasteiger partial charge on any atom is 0.416 e. The second-order valence-corrected chi connectivity index (χ2v) is 11.5. The lowest BCUT2D eigenvalue weighted by Gasteiger charge is -2.60. The summed E-state index contributed by atoms with van der Waals surface area (Å²) in [6.07, 6.45) is 5.46. The van der Waals surface area contributed by atoms with Gasteiger partial charge in [0.05, 0.1) is 5.56 Å². The number of benzene rings is 1. The Balaban J connectivity index is 1.29. The summed E-state index contributed by atoms with van der Waals surface area (Å²) < 4.78 is 39.1. The van der Waals surface area contributed by atoms with Gasteiger partial charge in [-0.1, -0.05) is 26.0 Å². The molecule has 7 atom stereocenters. The number of nitrogens with one attached hydrogen (secondary N) is 2. The van der Waals surface area contributed by atoms with Gasteiger partial charge in [-0.25, -0.2) is 4.79 Å². The van der Waals surface area contributed by atoms with Crippen LogP contribution in [0.1, 0.15) is 57.9 Å². The molecule has 1 heterocycles. The van der Waals surface area contributed by atoms with Gasteiger partial charge in [0.1, 0.15) is 0 Å². The van der Waals surface area contributed by atoms with Crippen molar-refractivity contribution < 1.29 is 22.8 Å². The second kappa shape index (κ2) is 8.27. The van der Waals surface area contributed by atoms with Crippen LogP contribution < -0.4 is 10.6 Å². The number of anilines is 1. The number of fused-ring (bicyclic) bond motifs is 5. The van der Waals surface area contributed by atoms with Crippen molar-refractivity contribution in [2.24, 2.45) is 28.6 Å². The third kappa shape index (κ3) is 3.93. The molecule has 3 saturated carbocycles. The molecule has 3 aliphatic carbocycles. The highest BCUT2D eigenvalue weighted by molar-refractivity contribution is 5.90. The molecule has 1 aromatic rings. The van der Waals surface area contributed by atoms with Gasteiger partial charge in [-0.15, -0.1) is 0 Å². The molecule has 0 saturated heterocycles. The van der Waals surface area contributed by atoms with E-state index >= 15 is 0 Å². The van der Waals surface area contributed by atoms with Gasteiger partial charge in [0.15, 0.2) is 0 Å². The summed E-state index contributed by atoms with van der Waals surface area (Å²) in [5, 5.41) is 5.71. The molecule has 8 heteroatoms. The Morgan fingerprint density at radius 3 is 2.60 bits per heavy atom. The van der Waals surface area contributed by atoms with E-state index in [9.17, 15) is 22.8 Å². The lowest BCUT2D eigenvalue weighted by Crippen LogP contribution is -2.60. The fraction of sp³-hybridized carbons (Fsp3) is 0.630. The van der Waals surface area contributed by atoms with Crippen LogP contribution in [0.3, 0.4) is 0 Å². The molecule has 0 spiro atoms. The zero-order valence-corrected chi connectivity index (χ0v) is 20.5. The predicted octanol–water partition coefficient (Wildman–Crippen LogP) is 5.83. The minimum Gasteiger partial charge on any atom is -0.338 e. The number of alkyl halides is 3. The monoisotopic (exact) mass is 489 g/mol. The van der Waals surface area contributed by atoms with E-state index in [0.717, 1.165) is 50.7 Å². The summed E-state index contributed by atoms with van der Waals surface area (Å²) in [4.78, 5) is 27.0. The molecule has 190 valence electrons. The third-order valence-electron chi connectivity index (χ3n) is 9.88. The number of likely N-dealkylation sites (N-methyl/N-ethyl adjacent to an activating group) is 1. The van der Waals surface area contributed by atoms with E-state index in [4.69, 9.17) is 0 Å². The summed E-state index contributed by atoms with van der Waals surface area (Å²) in [6.45, 7) is 4.58. The summed E-state index contributed by atoms with van der Waals surface area (Å²) in [5.41, 5.74) is -0.723. The molecular weight excluding hydrogens is 455 g/mol. The molecule has 5 nitrogen and oxygen atoms in total. The van der Waals surface area contributed by atoms with Gasteiger partial charge < -0.3 is 15.5 Å². The van der Waals surface area contributed by atoms with Crippen molar-refractivity contribution in [3.63, 3.8) is 0 Å². The van der Waals surface area contributed by atoms with Crippen molar-refractivity contribution in [3.05, 3.63) is 42.0 Å². The van der Waals surface area contributed by atoms with E-state index < -0.39 is 17.8 Å². The first kappa shape index (κ1) is 24.2. The number of hydrogen-bond donors (Lipinski definition) is 2. The first-order valence-corrected chi connectivity index (χ1v) is 12.6. The van der Waals surface area contributed by atoms with Crippen LogP contribution in [0, 0.1) is 28.6 Å². The molecule has 2 N–H and O–H groups in total. The highest BCUT2D eigenvalue weighted by Crippen LogP contribution is 2.63. The largest absolute Gasteiger partial charge is 0.416 e.